The summed E-state index contributed by atoms with van der Waals surface area (Å²) in [5.74, 6) is -0.117. The Kier molecular flexibility index (Phi) is 5.95. The van der Waals surface area contributed by atoms with Crippen LogP contribution in [0.5, 0.6) is 0 Å². The molecule has 0 aromatic carbocycles. The molecule has 8 heteroatoms. The zero-order valence-electron chi connectivity index (χ0n) is 9.46. The Hall–Kier alpha value is -1.12. The number of methoxy groups -OCH3 is 1. The molecule has 0 bridgehead atoms. The smallest absolute Gasteiger partial charge is 0.267 e. The summed E-state index contributed by atoms with van der Waals surface area (Å²) >= 11 is 5.87. The van der Waals surface area contributed by atoms with Crippen LogP contribution < -0.4 is 5.73 Å². The molecule has 1 amide bonds. The minimum Gasteiger partial charge on any atom is -0.393 e. The Balaban J connectivity index is 2.61. The Bertz CT molecular complexity index is 369. The quantitative estimate of drug-likeness (QED) is 0.720. The summed E-state index contributed by atoms with van der Waals surface area (Å²) in [7, 11) is 1.59. The standard InChI is InChI=1S/C9H14N4O2S2/c1-15-5-4-13(3-2-8(10)16)9(14)7-6-11-12-17-7/h6H,2-5H2,1H3,(H2,10,16). The van der Waals surface area contributed by atoms with E-state index in [4.69, 9.17) is 22.7 Å². The molecule has 0 spiro atoms. The number of nitrogens with zero attached hydrogens (tertiary/aromatic N) is 3. The maximum atomic E-state index is 12.0. The van der Waals surface area contributed by atoms with Crippen LogP contribution in [-0.4, -0.2) is 52.2 Å². The molecule has 0 saturated heterocycles. The molecule has 0 atom stereocenters. The van der Waals surface area contributed by atoms with Crippen LogP contribution in [0, 0.1) is 0 Å². The Labute approximate surface area is 109 Å². The van der Waals surface area contributed by atoms with Crippen molar-refractivity contribution in [2.45, 2.75) is 6.42 Å². The van der Waals surface area contributed by atoms with E-state index in [0.717, 1.165) is 11.5 Å². The molecule has 0 unspecified atom stereocenters. The first-order chi connectivity index (χ1) is 8.15. The van der Waals surface area contributed by atoms with E-state index >= 15 is 0 Å². The van der Waals surface area contributed by atoms with Crippen LogP contribution in [0.25, 0.3) is 0 Å². The van der Waals surface area contributed by atoms with Crippen molar-refractivity contribution in [3.05, 3.63) is 11.1 Å². The maximum Gasteiger partial charge on any atom is 0.267 e. The minimum atomic E-state index is -0.117. The monoisotopic (exact) mass is 274 g/mol. The Morgan fingerprint density at radius 1 is 1.65 bits per heavy atom. The van der Waals surface area contributed by atoms with Crippen molar-refractivity contribution in [2.24, 2.45) is 5.73 Å². The van der Waals surface area contributed by atoms with Gasteiger partial charge in [0.15, 0.2) is 0 Å². The number of carbonyl (C=O) groups is 1. The third-order valence-electron chi connectivity index (χ3n) is 2.05. The lowest BCUT2D eigenvalue weighted by atomic mass is 10.3. The van der Waals surface area contributed by atoms with Crippen LogP contribution >= 0.6 is 23.8 Å². The topological polar surface area (TPSA) is 81.3 Å². The van der Waals surface area contributed by atoms with Gasteiger partial charge in [-0.3, -0.25) is 4.79 Å². The van der Waals surface area contributed by atoms with Gasteiger partial charge in [-0.2, -0.15) is 0 Å². The van der Waals surface area contributed by atoms with Crippen LogP contribution in [0.15, 0.2) is 6.20 Å². The van der Waals surface area contributed by atoms with Crippen LogP contribution in [0.3, 0.4) is 0 Å². The van der Waals surface area contributed by atoms with Gasteiger partial charge in [-0.15, -0.1) is 5.10 Å². The van der Waals surface area contributed by atoms with Gasteiger partial charge in [0.05, 0.1) is 17.8 Å². The van der Waals surface area contributed by atoms with E-state index in [1.54, 1.807) is 12.0 Å². The molecule has 0 aliphatic carbocycles. The van der Waals surface area contributed by atoms with E-state index in [2.05, 4.69) is 9.59 Å². The Morgan fingerprint density at radius 2 is 2.41 bits per heavy atom. The average molecular weight is 274 g/mol. The second-order valence-corrected chi connectivity index (χ2v) is 4.59. The Morgan fingerprint density at radius 3 is 2.94 bits per heavy atom. The van der Waals surface area contributed by atoms with Crippen LogP contribution in [0.4, 0.5) is 0 Å². The molecule has 0 fully saturated rings. The number of hydrogen-bond donors (Lipinski definition) is 1. The minimum absolute atomic E-state index is 0.117. The van der Waals surface area contributed by atoms with Gasteiger partial charge in [0.2, 0.25) is 0 Å². The highest BCUT2D eigenvalue weighted by atomic mass is 32.1. The first-order valence-electron chi connectivity index (χ1n) is 4.99. The molecule has 94 valence electrons. The number of thiocarbonyl (C=S) groups is 1. The molecule has 1 aromatic rings. The van der Waals surface area contributed by atoms with Crippen LogP contribution in [0.2, 0.25) is 0 Å². The molecular weight excluding hydrogens is 260 g/mol. The van der Waals surface area contributed by atoms with Crippen LogP contribution in [0.1, 0.15) is 16.1 Å². The van der Waals surface area contributed by atoms with Crippen molar-refractivity contribution in [1.29, 1.82) is 0 Å². The summed E-state index contributed by atoms with van der Waals surface area (Å²) in [6, 6.07) is 0. The predicted molar refractivity (Wildman–Crippen MR) is 69.1 cm³/mol. The largest absolute Gasteiger partial charge is 0.393 e. The van der Waals surface area contributed by atoms with Gasteiger partial charge in [-0.05, 0) is 11.5 Å². The number of nitrogens with two attached hydrogens (primary N) is 1. The number of carbonyl (C=O) groups excluding carboxylic acids is 1. The summed E-state index contributed by atoms with van der Waals surface area (Å²) in [6.45, 7) is 1.45. The molecule has 0 aliphatic rings. The summed E-state index contributed by atoms with van der Waals surface area (Å²) < 4.78 is 8.62. The van der Waals surface area contributed by atoms with Gasteiger partial charge in [-0.1, -0.05) is 16.7 Å². The van der Waals surface area contributed by atoms with Crippen LogP contribution in [-0.2, 0) is 4.74 Å². The molecule has 6 nitrogen and oxygen atoms in total. The van der Waals surface area contributed by atoms with E-state index < -0.39 is 0 Å². The molecule has 0 radical (unpaired) electrons. The second kappa shape index (κ2) is 7.25. The molecule has 1 rings (SSSR count). The fourth-order valence-electron chi connectivity index (χ4n) is 1.18. The van der Waals surface area contributed by atoms with Crippen molar-refractivity contribution in [1.82, 2.24) is 14.5 Å². The van der Waals surface area contributed by atoms with Gasteiger partial charge in [0, 0.05) is 26.6 Å². The van der Waals surface area contributed by atoms with Gasteiger partial charge >= 0.3 is 0 Å². The van der Waals surface area contributed by atoms with Crippen molar-refractivity contribution in [3.63, 3.8) is 0 Å². The van der Waals surface area contributed by atoms with Gasteiger partial charge in [-0.25, -0.2) is 0 Å². The predicted octanol–water partition coefficient (Wildman–Crippen LogP) is 0.303. The first kappa shape index (κ1) is 13.9. The van der Waals surface area contributed by atoms with Gasteiger partial charge in [0.1, 0.15) is 4.88 Å². The normalized spacial score (nSPS) is 10.2. The van der Waals surface area contributed by atoms with E-state index in [1.807, 2.05) is 0 Å². The maximum absolute atomic E-state index is 12.0. The number of hydrogen-bond acceptors (Lipinski definition) is 6. The molecule has 1 heterocycles. The molecule has 2 N–H and O–H groups in total. The molecule has 0 saturated carbocycles. The van der Waals surface area contributed by atoms with Crippen molar-refractivity contribution in [3.8, 4) is 0 Å². The highest BCUT2D eigenvalue weighted by Gasteiger charge is 2.17. The average Bonchev–Trinajstić information content (AvgIpc) is 2.81. The molecule has 1 aromatic heterocycles. The first-order valence-corrected chi connectivity index (χ1v) is 6.17. The summed E-state index contributed by atoms with van der Waals surface area (Å²) in [5.41, 5.74) is 5.43. The third kappa shape index (κ3) is 4.72. The zero-order valence-corrected chi connectivity index (χ0v) is 11.1. The summed E-state index contributed by atoms with van der Waals surface area (Å²) in [6.07, 6.45) is 1.95. The number of amides is 1. The highest BCUT2D eigenvalue weighted by Crippen LogP contribution is 2.07. The SMILES string of the molecule is COCCN(CCC(N)=S)C(=O)c1cnns1. The lowest BCUT2D eigenvalue weighted by Gasteiger charge is -2.20. The molecular formula is C9H14N4O2S2. The number of rotatable bonds is 7. The summed E-state index contributed by atoms with van der Waals surface area (Å²) in [4.78, 5) is 14.6. The number of ether oxygens (including phenoxy) is 1. The van der Waals surface area contributed by atoms with E-state index in [-0.39, 0.29) is 5.91 Å². The fraction of sp³-hybridized carbons (Fsp3) is 0.556. The molecule has 0 aliphatic heterocycles. The van der Waals surface area contributed by atoms with Gasteiger partial charge < -0.3 is 15.4 Å². The van der Waals surface area contributed by atoms with Gasteiger partial charge in [0.25, 0.3) is 5.91 Å². The lowest BCUT2D eigenvalue weighted by Crippen LogP contribution is -2.35. The molecule has 17 heavy (non-hydrogen) atoms. The zero-order chi connectivity index (χ0) is 12.7. The van der Waals surface area contributed by atoms with Crippen molar-refractivity contribution < 1.29 is 9.53 Å². The van der Waals surface area contributed by atoms with Crippen molar-refractivity contribution in [2.75, 3.05) is 26.8 Å². The fourth-order valence-corrected chi connectivity index (χ4v) is 1.75. The highest BCUT2D eigenvalue weighted by molar-refractivity contribution is 7.80. The van der Waals surface area contributed by atoms with E-state index in [9.17, 15) is 4.79 Å². The van der Waals surface area contributed by atoms with E-state index in [1.165, 1.54) is 6.20 Å². The lowest BCUT2D eigenvalue weighted by molar-refractivity contribution is 0.0706. The third-order valence-corrected chi connectivity index (χ3v) is 2.91. The number of aromatic nitrogens is 2. The second-order valence-electron chi connectivity index (χ2n) is 3.28. The van der Waals surface area contributed by atoms with Crippen molar-refractivity contribution >= 4 is 34.6 Å². The van der Waals surface area contributed by atoms with E-state index in [0.29, 0.717) is 36.0 Å². The summed E-state index contributed by atoms with van der Waals surface area (Å²) in [5, 5.41) is 3.64.